The van der Waals surface area contributed by atoms with Crippen molar-refractivity contribution in [2.24, 2.45) is 0 Å². The second-order valence-electron chi connectivity index (χ2n) is 8.26. The molecule has 11 heteroatoms. The van der Waals surface area contributed by atoms with Gasteiger partial charge in [0.15, 0.2) is 0 Å². The third kappa shape index (κ3) is 6.04. The zero-order chi connectivity index (χ0) is 26.5. The van der Waals surface area contributed by atoms with Crippen LogP contribution in [0.1, 0.15) is 34.8 Å². The van der Waals surface area contributed by atoms with Crippen LogP contribution in [0.5, 0.6) is 11.6 Å². The van der Waals surface area contributed by atoms with Crippen molar-refractivity contribution >= 4 is 29.2 Å². The van der Waals surface area contributed by atoms with Crippen molar-refractivity contribution in [3.8, 4) is 11.6 Å². The number of aryl methyl sites for hydroxylation is 1. The molecule has 0 amide bonds. The highest BCUT2D eigenvalue weighted by Crippen LogP contribution is 2.27. The fourth-order valence-corrected chi connectivity index (χ4v) is 3.73. The van der Waals surface area contributed by atoms with E-state index in [1.165, 1.54) is 22.9 Å². The Kier molecular flexibility index (Phi) is 7.69. The van der Waals surface area contributed by atoms with Crippen molar-refractivity contribution in [2.45, 2.75) is 33.4 Å². The summed E-state index contributed by atoms with van der Waals surface area (Å²) in [7, 11) is 0. The summed E-state index contributed by atoms with van der Waals surface area (Å²) < 4.78 is 8.30. The molecule has 0 spiro atoms. The van der Waals surface area contributed by atoms with Gasteiger partial charge in [-0.1, -0.05) is 30.7 Å². The Labute approximate surface area is 216 Å². The van der Waals surface area contributed by atoms with Gasteiger partial charge >= 0.3 is 17.3 Å². The first-order valence-electron chi connectivity index (χ1n) is 11.5. The lowest BCUT2D eigenvalue weighted by Gasteiger charge is -2.16. The Morgan fingerprint density at radius 1 is 1.08 bits per heavy atom. The number of nitrogens with zero attached hydrogens (tertiary/aromatic N) is 4. The van der Waals surface area contributed by atoms with Crippen LogP contribution in [0.4, 0.5) is 11.6 Å². The second-order valence-corrected chi connectivity index (χ2v) is 8.70. The van der Waals surface area contributed by atoms with Crippen LogP contribution in [-0.2, 0) is 13.1 Å². The number of benzene rings is 2. The van der Waals surface area contributed by atoms with Gasteiger partial charge in [0.25, 0.3) is 0 Å². The van der Waals surface area contributed by atoms with Gasteiger partial charge in [0.1, 0.15) is 5.75 Å². The van der Waals surface area contributed by atoms with Gasteiger partial charge in [-0.2, -0.15) is 4.98 Å². The molecule has 0 radical (unpaired) electrons. The molecule has 4 rings (SSSR count). The van der Waals surface area contributed by atoms with Crippen molar-refractivity contribution in [3.63, 3.8) is 0 Å². The van der Waals surface area contributed by atoms with Gasteiger partial charge in [0, 0.05) is 29.5 Å². The monoisotopic (exact) mass is 521 g/mol. The Bertz CT molecular complexity index is 1550. The number of carboxylic acid groups (broad SMARTS) is 1. The number of ether oxygens (including phenoxy) is 1. The highest BCUT2D eigenvalue weighted by Gasteiger charge is 2.15. The zero-order valence-electron chi connectivity index (χ0n) is 20.1. The summed E-state index contributed by atoms with van der Waals surface area (Å²) in [4.78, 5) is 45.0. The number of aromatic carboxylic acids is 1. The van der Waals surface area contributed by atoms with E-state index in [0.29, 0.717) is 22.9 Å². The van der Waals surface area contributed by atoms with Crippen molar-refractivity contribution in [1.29, 1.82) is 0 Å². The van der Waals surface area contributed by atoms with Gasteiger partial charge in [0.2, 0.25) is 11.8 Å². The Balaban J connectivity index is 1.63. The lowest BCUT2D eigenvalue weighted by Crippen LogP contribution is -2.42. The molecule has 0 aliphatic rings. The van der Waals surface area contributed by atoms with E-state index in [4.69, 9.17) is 21.4 Å². The van der Waals surface area contributed by atoms with Gasteiger partial charge in [-0.15, -0.1) is 0 Å². The van der Waals surface area contributed by atoms with E-state index in [0.717, 1.165) is 15.7 Å². The van der Waals surface area contributed by atoms with Gasteiger partial charge < -0.3 is 15.2 Å². The van der Waals surface area contributed by atoms with E-state index in [1.807, 2.05) is 13.8 Å². The van der Waals surface area contributed by atoms with E-state index in [1.54, 1.807) is 42.5 Å². The third-order valence-electron chi connectivity index (χ3n) is 5.48. The fourth-order valence-electron chi connectivity index (χ4n) is 3.61. The quantitative estimate of drug-likeness (QED) is 0.330. The normalized spacial score (nSPS) is 10.8. The summed E-state index contributed by atoms with van der Waals surface area (Å²) in [6, 6.07) is 15.1. The summed E-state index contributed by atoms with van der Waals surface area (Å²) in [5.74, 6) is -0.217. The van der Waals surface area contributed by atoms with E-state index >= 15 is 0 Å². The summed E-state index contributed by atoms with van der Waals surface area (Å²) in [6.45, 7) is 4.15. The second kappa shape index (κ2) is 11.1. The Morgan fingerprint density at radius 2 is 1.84 bits per heavy atom. The summed E-state index contributed by atoms with van der Waals surface area (Å²) >= 11 is 5.99. The number of carbonyl (C=O) groups is 1. The van der Waals surface area contributed by atoms with E-state index in [-0.39, 0.29) is 30.5 Å². The molecule has 0 unspecified atom stereocenters. The minimum atomic E-state index is -1.07. The molecule has 0 bridgehead atoms. The summed E-state index contributed by atoms with van der Waals surface area (Å²) in [5.41, 5.74) is 1.10. The molecule has 0 aliphatic carbocycles. The van der Waals surface area contributed by atoms with Gasteiger partial charge in [-0.3, -0.25) is 4.57 Å². The van der Waals surface area contributed by atoms with Crippen LogP contribution >= 0.6 is 11.6 Å². The van der Waals surface area contributed by atoms with Crippen LogP contribution in [0.3, 0.4) is 0 Å². The van der Waals surface area contributed by atoms with Crippen LogP contribution < -0.4 is 21.4 Å². The number of carboxylic acids is 1. The lowest BCUT2D eigenvalue weighted by atomic mass is 10.2. The largest absolute Gasteiger partial charge is 0.478 e. The highest BCUT2D eigenvalue weighted by molar-refractivity contribution is 6.30. The van der Waals surface area contributed by atoms with Crippen LogP contribution in [0.2, 0.25) is 5.02 Å². The number of pyridine rings is 1. The topological polar surface area (TPSA) is 128 Å². The van der Waals surface area contributed by atoms with Crippen LogP contribution in [0.25, 0.3) is 0 Å². The van der Waals surface area contributed by atoms with E-state index in [2.05, 4.69) is 15.3 Å². The van der Waals surface area contributed by atoms with Gasteiger partial charge in [-0.25, -0.2) is 23.9 Å². The average molecular weight is 522 g/mol. The first-order valence-corrected chi connectivity index (χ1v) is 11.8. The molecule has 0 saturated carbocycles. The van der Waals surface area contributed by atoms with Crippen LogP contribution in [0.15, 0.2) is 70.4 Å². The van der Waals surface area contributed by atoms with Crippen LogP contribution in [-0.4, -0.2) is 30.2 Å². The molecular weight excluding hydrogens is 498 g/mol. The molecule has 2 heterocycles. The standard InChI is InChI=1S/C26H24ClN5O5/c1-3-12-31-25(35)30-24(32(26(31)36)15-17-4-7-19(27)8-5-17)29-20-9-10-21(16(2)13-20)37-22-11-6-18(14-28-22)23(33)34/h4-11,13-14H,3,12,15H2,1-2H3,(H,33,34)(H,29,30,35). The predicted molar refractivity (Wildman–Crippen MR) is 139 cm³/mol. The van der Waals surface area contributed by atoms with Crippen molar-refractivity contribution in [2.75, 3.05) is 5.32 Å². The average Bonchev–Trinajstić information content (AvgIpc) is 2.87. The molecular formula is C26H24ClN5O5. The molecule has 37 heavy (non-hydrogen) atoms. The van der Waals surface area contributed by atoms with Gasteiger partial charge in [0.05, 0.1) is 12.1 Å². The summed E-state index contributed by atoms with van der Waals surface area (Å²) in [6.07, 6.45) is 1.83. The van der Waals surface area contributed by atoms with Crippen molar-refractivity contribution in [3.05, 3.63) is 103 Å². The Hall–Kier alpha value is -4.44. The highest BCUT2D eigenvalue weighted by atomic mass is 35.5. The predicted octanol–water partition coefficient (Wildman–Crippen LogP) is 4.45. The number of anilines is 2. The van der Waals surface area contributed by atoms with E-state index < -0.39 is 17.3 Å². The number of rotatable bonds is 9. The first-order chi connectivity index (χ1) is 17.7. The number of hydrogen-bond donors (Lipinski definition) is 2. The molecule has 4 aromatic rings. The number of hydrogen-bond acceptors (Lipinski definition) is 7. The molecule has 0 aliphatic heterocycles. The SMILES string of the molecule is CCCn1c(=O)nc(Nc2ccc(Oc3ccc(C(=O)O)cn3)c(C)c2)n(Cc2ccc(Cl)cc2)c1=O. The number of aromatic nitrogens is 4. The number of halogens is 1. The molecule has 10 nitrogen and oxygen atoms in total. The van der Waals surface area contributed by atoms with Gasteiger partial charge in [-0.05, 0) is 60.9 Å². The maximum absolute atomic E-state index is 13.2. The molecule has 0 saturated heterocycles. The zero-order valence-corrected chi connectivity index (χ0v) is 20.9. The minimum Gasteiger partial charge on any atom is -0.478 e. The first kappa shape index (κ1) is 25.6. The van der Waals surface area contributed by atoms with Crippen molar-refractivity contribution < 1.29 is 14.6 Å². The maximum Gasteiger partial charge on any atom is 0.354 e. The summed E-state index contributed by atoms with van der Waals surface area (Å²) in [5, 5.41) is 12.7. The molecule has 2 aromatic carbocycles. The lowest BCUT2D eigenvalue weighted by molar-refractivity contribution is 0.0696. The molecule has 0 fully saturated rings. The van der Waals surface area contributed by atoms with E-state index in [9.17, 15) is 14.4 Å². The minimum absolute atomic E-state index is 0.0571. The maximum atomic E-state index is 13.2. The molecule has 0 atom stereocenters. The molecule has 2 N–H and O–H groups in total. The smallest absolute Gasteiger partial charge is 0.354 e. The number of nitrogens with one attached hydrogen (secondary N) is 1. The molecule has 190 valence electrons. The molecule has 2 aromatic heterocycles. The fraction of sp³-hybridized carbons (Fsp3) is 0.192. The van der Waals surface area contributed by atoms with Crippen LogP contribution in [0, 0.1) is 6.92 Å². The third-order valence-corrected chi connectivity index (χ3v) is 5.73. The van der Waals surface area contributed by atoms with Crippen molar-refractivity contribution in [1.82, 2.24) is 19.1 Å². The Morgan fingerprint density at radius 3 is 2.46 bits per heavy atom.